The first-order chi connectivity index (χ1) is 6.72. The number of fused-ring (bicyclic) bond motifs is 1. The molecule has 0 unspecified atom stereocenters. The lowest BCUT2D eigenvalue weighted by molar-refractivity contribution is 0.853. The van der Waals surface area contributed by atoms with Crippen LogP contribution in [-0.4, -0.2) is 21.1 Å². The SMILES string of the molecule is Cc1nc(CCN)c2ccc(=O)[nH]n12. The molecule has 0 radical (unpaired) electrons. The van der Waals surface area contributed by atoms with Crippen LogP contribution in [-0.2, 0) is 6.42 Å². The van der Waals surface area contributed by atoms with Crippen molar-refractivity contribution in [2.24, 2.45) is 5.73 Å². The smallest absolute Gasteiger partial charge is 0.262 e. The number of aryl methyl sites for hydroxylation is 1. The van der Waals surface area contributed by atoms with Crippen LogP contribution in [0.2, 0.25) is 0 Å². The molecule has 0 saturated carbocycles. The van der Waals surface area contributed by atoms with Crippen LogP contribution in [0.1, 0.15) is 11.5 Å². The van der Waals surface area contributed by atoms with Crippen molar-refractivity contribution < 1.29 is 0 Å². The number of hydrogen-bond donors (Lipinski definition) is 2. The summed E-state index contributed by atoms with van der Waals surface area (Å²) in [5.74, 6) is 0.779. The van der Waals surface area contributed by atoms with Crippen molar-refractivity contribution in [1.29, 1.82) is 0 Å². The number of rotatable bonds is 2. The van der Waals surface area contributed by atoms with E-state index in [1.54, 1.807) is 10.6 Å². The van der Waals surface area contributed by atoms with Gasteiger partial charge in [-0.3, -0.25) is 9.89 Å². The van der Waals surface area contributed by atoms with Crippen LogP contribution >= 0.6 is 0 Å². The molecule has 0 aliphatic carbocycles. The van der Waals surface area contributed by atoms with E-state index in [2.05, 4.69) is 10.1 Å². The summed E-state index contributed by atoms with van der Waals surface area (Å²) in [5.41, 5.74) is 7.20. The highest BCUT2D eigenvalue weighted by molar-refractivity contribution is 5.51. The quantitative estimate of drug-likeness (QED) is 0.693. The fraction of sp³-hybridized carbons (Fsp3) is 0.333. The molecule has 0 bridgehead atoms. The maximum atomic E-state index is 11.1. The standard InChI is InChI=1S/C9H12N4O/c1-6-11-7(4-5-10)8-2-3-9(14)12-13(6)8/h2-3H,4-5,10H2,1H3,(H,12,14). The third kappa shape index (κ3) is 1.31. The van der Waals surface area contributed by atoms with Crippen molar-refractivity contribution in [3.63, 3.8) is 0 Å². The molecule has 0 fully saturated rings. The number of nitrogens with two attached hydrogens (primary N) is 1. The molecule has 0 amide bonds. The van der Waals surface area contributed by atoms with Crippen LogP contribution in [0.15, 0.2) is 16.9 Å². The van der Waals surface area contributed by atoms with E-state index in [-0.39, 0.29) is 5.56 Å². The summed E-state index contributed by atoms with van der Waals surface area (Å²) in [4.78, 5) is 15.4. The average molecular weight is 192 g/mol. The monoisotopic (exact) mass is 192 g/mol. The number of aromatic amines is 1. The largest absolute Gasteiger partial charge is 0.330 e. The van der Waals surface area contributed by atoms with E-state index >= 15 is 0 Å². The number of nitrogens with zero attached hydrogens (tertiary/aromatic N) is 2. The van der Waals surface area contributed by atoms with Gasteiger partial charge in [0.25, 0.3) is 5.56 Å². The van der Waals surface area contributed by atoms with Gasteiger partial charge in [-0.15, -0.1) is 0 Å². The highest BCUT2D eigenvalue weighted by Gasteiger charge is 2.06. The van der Waals surface area contributed by atoms with E-state index in [4.69, 9.17) is 5.73 Å². The molecule has 2 heterocycles. The number of imidazole rings is 1. The summed E-state index contributed by atoms with van der Waals surface area (Å²) in [5, 5.41) is 2.69. The highest BCUT2D eigenvalue weighted by Crippen LogP contribution is 2.09. The molecule has 0 aliphatic rings. The van der Waals surface area contributed by atoms with Gasteiger partial charge in [0.05, 0.1) is 11.2 Å². The Balaban J connectivity index is 2.71. The molecule has 0 aromatic carbocycles. The Labute approximate surface area is 80.6 Å². The van der Waals surface area contributed by atoms with Crippen molar-refractivity contribution in [2.75, 3.05) is 6.54 Å². The Bertz CT molecular complexity index is 511. The van der Waals surface area contributed by atoms with Crippen molar-refractivity contribution in [3.05, 3.63) is 34.0 Å². The summed E-state index contributed by atoms with van der Waals surface area (Å²) in [6.07, 6.45) is 0.726. The minimum Gasteiger partial charge on any atom is -0.330 e. The van der Waals surface area contributed by atoms with Crippen LogP contribution in [0.3, 0.4) is 0 Å². The predicted molar refractivity (Wildman–Crippen MR) is 53.3 cm³/mol. The minimum absolute atomic E-state index is 0.128. The molecule has 5 nitrogen and oxygen atoms in total. The summed E-state index contributed by atoms with van der Waals surface area (Å²) < 4.78 is 1.69. The van der Waals surface area contributed by atoms with Gasteiger partial charge in [-0.2, -0.15) is 0 Å². The predicted octanol–water partition coefficient (Wildman–Crippen LogP) is -0.168. The highest BCUT2D eigenvalue weighted by atomic mass is 16.1. The lowest BCUT2D eigenvalue weighted by atomic mass is 10.3. The molecule has 74 valence electrons. The molecular weight excluding hydrogens is 180 g/mol. The molecule has 3 N–H and O–H groups in total. The second-order valence-corrected chi connectivity index (χ2v) is 3.17. The zero-order chi connectivity index (χ0) is 10.1. The average Bonchev–Trinajstić information content (AvgIpc) is 2.44. The molecule has 0 saturated heterocycles. The summed E-state index contributed by atoms with van der Waals surface area (Å²) in [6.45, 7) is 2.41. The number of aromatic nitrogens is 3. The van der Waals surface area contributed by atoms with Crippen LogP contribution < -0.4 is 11.3 Å². The molecule has 5 heteroatoms. The number of H-pyrrole nitrogens is 1. The third-order valence-corrected chi connectivity index (χ3v) is 2.15. The van der Waals surface area contributed by atoms with E-state index in [1.807, 2.05) is 6.92 Å². The van der Waals surface area contributed by atoms with Crippen molar-refractivity contribution in [1.82, 2.24) is 14.6 Å². The van der Waals surface area contributed by atoms with Crippen molar-refractivity contribution >= 4 is 5.52 Å². The molecule has 0 aliphatic heterocycles. The zero-order valence-electron chi connectivity index (χ0n) is 7.95. The van der Waals surface area contributed by atoms with E-state index in [9.17, 15) is 4.79 Å². The van der Waals surface area contributed by atoms with Crippen LogP contribution in [0.5, 0.6) is 0 Å². The van der Waals surface area contributed by atoms with Crippen LogP contribution in [0, 0.1) is 6.92 Å². The molecule has 2 aromatic rings. The Morgan fingerprint density at radius 1 is 1.57 bits per heavy atom. The maximum absolute atomic E-state index is 11.1. The minimum atomic E-state index is -0.128. The third-order valence-electron chi connectivity index (χ3n) is 2.15. The molecule has 2 aromatic heterocycles. The number of nitrogens with one attached hydrogen (secondary N) is 1. The zero-order valence-corrected chi connectivity index (χ0v) is 7.95. The van der Waals surface area contributed by atoms with Gasteiger partial charge in [-0.1, -0.05) is 0 Å². The van der Waals surface area contributed by atoms with Crippen LogP contribution in [0.4, 0.5) is 0 Å². The fourth-order valence-corrected chi connectivity index (χ4v) is 1.54. The molecule has 2 rings (SSSR count). The number of hydrogen-bond acceptors (Lipinski definition) is 3. The molecular formula is C9H12N4O. The second-order valence-electron chi connectivity index (χ2n) is 3.17. The summed E-state index contributed by atoms with van der Waals surface area (Å²) in [6, 6.07) is 3.26. The Hall–Kier alpha value is -1.62. The van der Waals surface area contributed by atoms with Gasteiger partial charge >= 0.3 is 0 Å². The van der Waals surface area contributed by atoms with E-state index in [1.165, 1.54) is 6.07 Å². The Morgan fingerprint density at radius 2 is 2.36 bits per heavy atom. The van der Waals surface area contributed by atoms with Crippen molar-refractivity contribution in [2.45, 2.75) is 13.3 Å². The van der Waals surface area contributed by atoms with Gasteiger partial charge < -0.3 is 5.73 Å². The Morgan fingerprint density at radius 3 is 3.07 bits per heavy atom. The van der Waals surface area contributed by atoms with Gasteiger partial charge in [-0.25, -0.2) is 9.50 Å². The lowest BCUT2D eigenvalue weighted by Crippen LogP contribution is -2.10. The van der Waals surface area contributed by atoms with E-state index < -0.39 is 0 Å². The topological polar surface area (TPSA) is 76.2 Å². The van der Waals surface area contributed by atoms with Gasteiger partial charge in [0, 0.05) is 12.5 Å². The summed E-state index contributed by atoms with van der Waals surface area (Å²) in [7, 11) is 0. The van der Waals surface area contributed by atoms with Gasteiger partial charge in [0.15, 0.2) is 0 Å². The fourth-order valence-electron chi connectivity index (χ4n) is 1.54. The molecule has 0 spiro atoms. The van der Waals surface area contributed by atoms with E-state index in [0.29, 0.717) is 6.54 Å². The maximum Gasteiger partial charge on any atom is 0.262 e. The van der Waals surface area contributed by atoms with E-state index in [0.717, 1.165) is 23.5 Å². The second kappa shape index (κ2) is 3.26. The van der Waals surface area contributed by atoms with Crippen LogP contribution in [0.25, 0.3) is 5.52 Å². The van der Waals surface area contributed by atoms with Crippen molar-refractivity contribution in [3.8, 4) is 0 Å². The summed E-state index contributed by atoms with van der Waals surface area (Å²) >= 11 is 0. The van der Waals surface area contributed by atoms with Gasteiger partial charge in [-0.05, 0) is 19.5 Å². The van der Waals surface area contributed by atoms with Gasteiger partial charge in [0.1, 0.15) is 5.82 Å². The lowest BCUT2D eigenvalue weighted by Gasteiger charge is -1.95. The Kier molecular flexibility index (Phi) is 2.09. The normalized spacial score (nSPS) is 11.0. The first kappa shape index (κ1) is 8.96. The van der Waals surface area contributed by atoms with Gasteiger partial charge in [0.2, 0.25) is 0 Å². The molecule has 0 atom stereocenters. The molecule has 14 heavy (non-hydrogen) atoms. The first-order valence-corrected chi connectivity index (χ1v) is 4.49. The first-order valence-electron chi connectivity index (χ1n) is 4.49.